The molecule has 0 unspecified atom stereocenters. The van der Waals surface area contributed by atoms with Crippen LogP contribution in [0.4, 0.5) is 0 Å². The second-order valence-electron chi connectivity index (χ2n) is 3.14. The molecule has 68 valence electrons. The van der Waals surface area contributed by atoms with E-state index in [-0.39, 0.29) is 5.97 Å². The van der Waals surface area contributed by atoms with Crippen molar-refractivity contribution in [3.8, 4) is 0 Å². The largest absolute Gasteiger partial charge is 0.458 e. The minimum atomic E-state index is -0.105. The van der Waals surface area contributed by atoms with Crippen molar-refractivity contribution in [3.63, 3.8) is 0 Å². The summed E-state index contributed by atoms with van der Waals surface area (Å²) in [5.74, 6) is -0.105. The number of esters is 1. The Hall–Kier alpha value is -0.790. The van der Waals surface area contributed by atoms with Crippen molar-refractivity contribution in [1.82, 2.24) is 0 Å². The predicted molar refractivity (Wildman–Crippen MR) is 47.8 cm³/mol. The molecular weight excluding hydrogens is 152 g/mol. The van der Waals surface area contributed by atoms with Gasteiger partial charge in [0.05, 0.1) is 0 Å². The zero-order chi connectivity index (χ0) is 8.81. The first-order chi connectivity index (χ1) is 5.84. The standard InChI is InChI=1S/C10H16O2/c1-2-3-4-5-6-9-7-8-12-10(9)11/h7H,2-6,8H2,1H3. The molecule has 1 aliphatic rings. The second-order valence-corrected chi connectivity index (χ2v) is 3.14. The van der Waals surface area contributed by atoms with E-state index in [1.165, 1.54) is 19.3 Å². The van der Waals surface area contributed by atoms with E-state index in [2.05, 4.69) is 6.92 Å². The molecule has 0 spiro atoms. The van der Waals surface area contributed by atoms with Crippen LogP contribution < -0.4 is 0 Å². The number of carbonyl (C=O) groups excluding carboxylic acids is 1. The highest BCUT2D eigenvalue weighted by Crippen LogP contribution is 2.15. The van der Waals surface area contributed by atoms with Crippen LogP contribution in [-0.4, -0.2) is 12.6 Å². The van der Waals surface area contributed by atoms with E-state index in [4.69, 9.17) is 4.74 Å². The highest BCUT2D eigenvalue weighted by Gasteiger charge is 2.14. The van der Waals surface area contributed by atoms with E-state index in [0.29, 0.717) is 6.61 Å². The fraction of sp³-hybridized carbons (Fsp3) is 0.700. The zero-order valence-electron chi connectivity index (χ0n) is 7.64. The topological polar surface area (TPSA) is 26.3 Å². The summed E-state index contributed by atoms with van der Waals surface area (Å²) in [6.45, 7) is 2.67. The van der Waals surface area contributed by atoms with Gasteiger partial charge in [0.25, 0.3) is 0 Å². The van der Waals surface area contributed by atoms with Crippen LogP contribution in [0.1, 0.15) is 39.0 Å². The van der Waals surface area contributed by atoms with E-state index in [1.807, 2.05) is 6.08 Å². The van der Waals surface area contributed by atoms with Gasteiger partial charge in [-0.15, -0.1) is 0 Å². The molecule has 0 aromatic heterocycles. The van der Waals surface area contributed by atoms with E-state index in [0.717, 1.165) is 18.4 Å². The van der Waals surface area contributed by atoms with E-state index in [9.17, 15) is 4.79 Å². The smallest absolute Gasteiger partial charge is 0.334 e. The first kappa shape index (κ1) is 9.30. The van der Waals surface area contributed by atoms with Crippen LogP contribution in [0.3, 0.4) is 0 Å². The molecule has 1 aliphatic heterocycles. The second kappa shape index (κ2) is 4.96. The minimum absolute atomic E-state index is 0.105. The van der Waals surface area contributed by atoms with Crippen molar-refractivity contribution in [2.24, 2.45) is 0 Å². The lowest BCUT2D eigenvalue weighted by atomic mass is 10.1. The lowest BCUT2D eigenvalue weighted by molar-refractivity contribution is -0.136. The number of unbranched alkanes of at least 4 members (excludes halogenated alkanes) is 3. The Morgan fingerprint density at radius 1 is 1.42 bits per heavy atom. The minimum Gasteiger partial charge on any atom is -0.458 e. The van der Waals surface area contributed by atoms with Gasteiger partial charge in [0.15, 0.2) is 0 Å². The summed E-state index contributed by atoms with van der Waals surface area (Å²) in [7, 11) is 0. The monoisotopic (exact) mass is 168 g/mol. The summed E-state index contributed by atoms with van der Waals surface area (Å²) in [6.07, 6.45) is 7.65. The third-order valence-electron chi connectivity index (χ3n) is 2.11. The Morgan fingerprint density at radius 3 is 2.83 bits per heavy atom. The Kier molecular flexibility index (Phi) is 3.85. The number of rotatable bonds is 5. The molecule has 0 N–H and O–H groups in total. The van der Waals surface area contributed by atoms with Gasteiger partial charge in [0.1, 0.15) is 6.61 Å². The van der Waals surface area contributed by atoms with Crippen LogP contribution in [0.5, 0.6) is 0 Å². The maximum atomic E-state index is 10.9. The van der Waals surface area contributed by atoms with Gasteiger partial charge in [-0.2, -0.15) is 0 Å². The van der Waals surface area contributed by atoms with Crippen molar-refractivity contribution >= 4 is 5.97 Å². The highest BCUT2D eigenvalue weighted by atomic mass is 16.5. The van der Waals surface area contributed by atoms with Crippen molar-refractivity contribution in [2.45, 2.75) is 39.0 Å². The molecule has 0 aromatic carbocycles. The highest BCUT2D eigenvalue weighted by molar-refractivity contribution is 5.90. The van der Waals surface area contributed by atoms with Gasteiger partial charge in [0.2, 0.25) is 0 Å². The number of carbonyl (C=O) groups is 1. The number of hydrogen-bond acceptors (Lipinski definition) is 2. The number of hydrogen-bond donors (Lipinski definition) is 0. The predicted octanol–water partition coefficient (Wildman–Crippen LogP) is 2.44. The van der Waals surface area contributed by atoms with Crippen LogP contribution >= 0.6 is 0 Å². The van der Waals surface area contributed by atoms with Gasteiger partial charge in [-0.1, -0.05) is 26.2 Å². The lowest BCUT2D eigenvalue weighted by Crippen LogP contribution is -1.98. The molecule has 0 atom stereocenters. The quantitative estimate of drug-likeness (QED) is 0.465. The van der Waals surface area contributed by atoms with Crippen molar-refractivity contribution in [3.05, 3.63) is 11.6 Å². The van der Waals surface area contributed by atoms with Crippen LogP contribution in [-0.2, 0) is 9.53 Å². The van der Waals surface area contributed by atoms with Gasteiger partial charge in [0, 0.05) is 5.57 Å². The summed E-state index contributed by atoms with van der Waals surface area (Å²) in [5, 5.41) is 0. The van der Waals surface area contributed by atoms with Gasteiger partial charge in [-0.25, -0.2) is 4.79 Å². The molecule has 1 heterocycles. The molecule has 0 amide bonds. The first-order valence-electron chi connectivity index (χ1n) is 4.70. The summed E-state index contributed by atoms with van der Waals surface area (Å²) >= 11 is 0. The lowest BCUT2D eigenvalue weighted by Gasteiger charge is -1.98. The van der Waals surface area contributed by atoms with Crippen LogP contribution in [0.2, 0.25) is 0 Å². The molecule has 0 aliphatic carbocycles. The molecule has 12 heavy (non-hydrogen) atoms. The molecule has 0 bridgehead atoms. The number of cyclic esters (lactones) is 1. The van der Waals surface area contributed by atoms with E-state index < -0.39 is 0 Å². The maximum absolute atomic E-state index is 10.9. The van der Waals surface area contributed by atoms with Crippen molar-refractivity contribution < 1.29 is 9.53 Å². The van der Waals surface area contributed by atoms with Crippen LogP contribution in [0.25, 0.3) is 0 Å². The summed E-state index contributed by atoms with van der Waals surface area (Å²) in [5.41, 5.74) is 0.881. The van der Waals surface area contributed by atoms with Crippen LogP contribution in [0.15, 0.2) is 11.6 Å². The fourth-order valence-electron chi connectivity index (χ4n) is 1.34. The van der Waals surface area contributed by atoms with E-state index >= 15 is 0 Å². The Morgan fingerprint density at radius 2 is 2.25 bits per heavy atom. The normalized spacial score (nSPS) is 16.1. The average Bonchev–Trinajstić information content (AvgIpc) is 2.46. The fourth-order valence-corrected chi connectivity index (χ4v) is 1.34. The average molecular weight is 168 g/mol. The SMILES string of the molecule is CCCCCCC1=CCOC1=O. The summed E-state index contributed by atoms with van der Waals surface area (Å²) in [4.78, 5) is 10.9. The van der Waals surface area contributed by atoms with Gasteiger partial charge in [-0.3, -0.25) is 0 Å². The molecule has 0 saturated carbocycles. The Labute approximate surface area is 73.6 Å². The van der Waals surface area contributed by atoms with Gasteiger partial charge in [-0.05, 0) is 18.9 Å². The third kappa shape index (κ3) is 2.68. The molecule has 0 saturated heterocycles. The van der Waals surface area contributed by atoms with Crippen molar-refractivity contribution in [2.75, 3.05) is 6.61 Å². The molecule has 0 fully saturated rings. The molecule has 0 aromatic rings. The third-order valence-corrected chi connectivity index (χ3v) is 2.11. The molecule has 2 heteroatoms. The molecule has 0 radical (unpaired) electrons. The Bertz CT molecular complexity index is 182. The number of ether oxygens (including phenoxy) is 1. The van der Waals surface area contributed by atoms with Gasteiger partial charge < -0.3 is 4.74 Å². The molecular formula is C10H16O2. The van der Waals surface area contributed by atoms with Crippen LogP contribution in [0, 0.1) is 0 Å². The Balaban J connectivity index is 2.10. The molecule has 1 rings (SSSR count). The summed E-state index contributed by atoms with van der Waals surface area (Å²) < 4.78 is 4.79. The maximum Gasteiger partial charge on any atom is 0.334 e. The van der Waals surface area contributed by atoms with Gasteiger partial charge >= 0.3 is 5.97 Å². The van der Waals surface area contributed by atoms with Crippen molar-refractivity contribution in [1.29, 1.82) is 0 Å². The molecule has 2 nitrogen and oxygen atoms in total. The zero-order valence-corrected chi connectivity index (χ0v) is 7.64. The summed E-state index contributed by atoms with van der Waals surface area (Å²) in [6, 6.07) is 0. The first-order valence-corrected chi connectivity index (χ1v) is 4.70. The van der Waals surface area contributed by atoms with E-state index in [1.54, 1.807) is 0 Å².